The van der Waals surface area contributed by atoms with Crippen LogP contribution in [0.5, 0.6) is 0 Å². The van der Waals surface area contributed by atoms with Gasteiger partial charge in [-0.15, -0.1) is 0 Å². The fraction of sp³-hybridized carbons (Fsp3) is 0.800. The molecule has 2 rings (SSSR count). The van der Waals surface area contributed by atoms with E-state index in [-0.39, 0.29) is 12.2 Å². The quantitative estimate of drug-likeness (QED) is 0.749. The normalized spacial score (nSPS) is 26.4. The SMILES string of the molecule is CC(C)(C)OC(=O)N1CCC(O)(C2C=CCCO2)CC1. The molecular weight excluding hydrogens is 258 g/mol. The van der Waals surface area contributed by atoms with Gasteiger partial charge in [0.1, 0.15) is 11.7 Å². The molecule has 1 N–H and O–H groups in total. The molecule has 0 aromatic carbocycles. The van der Waals surface area contributed by atoms with Crippen LogP contribution >= 0.6 is 0 Å². The van der Waals surface area contributed by atoms with Crippen LogP contribution in [0.3, 0.4) is 0 Å². The zero-order chi connectivity index (χ0) is 14.8. The number of carbonyl (C=O) groups is 1. The molecule has 0 saturated carbocycles. The number of aliphatic hydroxyl groups is 1. The Balaban J connectivity index is 1.90. The third kappa shape index (κ3) is 3.73. The topological polar surface area (TPSA) is 59.0 Å². The second kappa shape index (κ2) is 5.74. The summed E-state index contributed by atoms with van der Waals surface area (Å²) in [6.07, 6.45) is 5.36. The van der Waals surface area contributed by atoms with Crippen molar-refractivity contribution in [3.63, 3.8) is 0 Å². The molecule has 1 fully saturated rings. The number of hydrogen-bond donors (Lipinski definition) is 1. The first kappa shape index (κ1) is 15.3. The molecule has 0 aliphatic carbocycles. The minimum absolute atomic E-state index is 0.253. The molecule has 20 heavy (non-hydrogen) atoms. The van der Waals surface area contributed by atoms with Gasteiger partial charge in [-0.05, 0) is 40.0 Å². The van der Waals surface area contributed by atoms with Crippen molar-refractivity contribution in [2.45, 2.75) is 57.3 Å². The molecule has 5 nitrogen and oxygen atoms in total. The summed E-state index contributed by atoms with van der Waals surface area (Å²) in [6, 6.07) is 0. The third-order valence-corrected chi connectivity index (χ3v) is 3.70. The Labute approximate surface area is 120 Å². The molecule has 1 amide bonds. The molecule has 5 heteroatoms. The molecule has 0 radical (unpaired) electrons. The lowest BCUT2D eigenvalue weighted by atomic mass is 9.85. The van der Waals surface area contributed by atoms with Crippen molar-refractivity contribution in [1.82, 2.24) is 4.90 Å². The Morgan fingerprint density at radius 3 is 2.55 bits per heavy atom. The van der Waals surface area contributed by atoms with Crippen molar-refractivity contribution in [1.29, 1.82) is 0 Å². The molecular formula is C15H25NO4. The van der Waals surface area contributed by atoms with Gasteiger partial charge in [-0.1, -0.05) is 12.2 Å². The van der Waals surface area contributed by atoms with Gasteiger partial charge in [0.2, 0.25) is 0 Å². The van der Waals surface area contributed by atoms with Crippen molar-refractivity contribution in [3.05, 3.63) is 12.2 Å². The summed E-state index contributed by atoms with van der Waals surface area (Å²) in [4.78, 5) is 13.6. The molecule has 0 spiro atoms. The van der Waals surface area contributed by atoms with Gasteiger partial charge in [0.15, 0.2) is 0 Å². The Morgan fingerprint density at radius 2 is 2.05 bits per heavy atom. The Kier molecular flexibility index (Phi) is 4.39. The maximum atomic E-state index is 12.0. The zero-order valence-corrected chi connectivity index (χ0v) is 12.6. The van der Waals surface area contributed by atoms with E-state index in [1.807, 2.05) is 32.9 Å². The van der Waals surface area contributed by atoms with E-state index < -0.39 is 11.2 Å². The first-order valence-electron chi connectivity index (χ1n) is 7.29. The first-order chi connectivity index (χ1) is 9.30. The second-order valence-electron chi connectivity index (χ2n) is 6.58. The van der Waals surface area contributed by atoms with E-state index >= 15 is 0 Å². The first-order valence-corrected chi connectivity index (χ1v) is 7.29. The fourth-order valence-corrected chi connectivity index (χ4v) is 2.56. The lowest BCUT2D eigenvalue weighted by Crippen LogP contribution is -2.54. The molecule has 1 unspecified atom stereocenters. The molecule has 0 bridgehead atoms. The van der Waals surface area contributed by atoms with Crippen LogP contribution in [-0.4, -0.2) is 53.1 Å². The lowest BCUT2D eigenvalue weighted by molar-refractivity contribution is -0.117. The minimum atomic E-state index is -0.866. The van der Waals surface area contributed by atoms with Crippen molar-refractivity contribution in [2.24, 2.45) is 0 Å². The molecule has 1 saturated heterocycles. The number of rotatable bonds is 1. The Bertz CT molecular complexity index is 378. The standard InChI is InChI=1S/C15H25NO4/c1-14(2,3)20-13(17)16-9-7-15(18,8-10-16)12-6-4-5-11-19-12/h4,6,12,18H,5,7-11H2,1-3H3. The summed E-state index contributed by atoms with van der Waals surface area (Å²) in [5, 5.41) is 10.7. The van der Waals surface area contributed by atoms with E-state index in [1.54, 1.807) is 4.90 Å². The highest BCUT2D eigenvalue weighted by molar-refractivity contribution is 5.68. The van der Waals surface area contributed by atoms with Crippen LogP contribution in [0.4, 0.5) is 4.79 Å². The zero-order valence-electron chi connectivity index (χ0n) is 12.6. The molecule has 114 valence electrons. The van der Waals surface area contributed by atoms with Crippen molar-refractivity contribution in [2.75, 3.05) is 19.7 Å². The van der Waals surface area contributed by atoms with Crippen molar-refractivity contribution < 1.29 is 19.4 Å². The highest BCUT2D eigenvalue weighted by Crippen LogP contribution is 2.30. The monoisotopic (exact) mass is 283 g/mol. The number of ether oxygens (including phenoxy) is 2. The average Bonchev–Trinajstić information content (AvgIpc) is 2.38. The van der Waals surface area contributed by atoms with Crippen molar-refractivity contribution in [3.8, 4) is 0 Å². The van der Waals surface area contributed by atoms with Crippen molar-refractivity contribution >= 4 is 6.09 Å². The van der Waals surface area contributed by atoms with E-state index in [4.69, 9.17) is 9.47 Å². The average molecular weight is 283 g/mol. The maximum absolute atomic E-state index is 12.0. The molecule has 2 aliphatic heterocycles. The van der Waals surface area contributed by atoms with Gasteiger partial charge in [-0.3, -0.25) is 0 Å². The van der Waals surface area contributed by atoms with Crippen LogP contribution in [0.15, 0.2) is 12.2 Å². The number of hydrogen-bond acceptors (Lipinski definition) is 4. The summed E-state index contributed by atoms with van der Waals surface area (Å²) in [5.41, 5.74) is -1.35. The van der Waals surface area contributed by atoms with Crippen LogP contribution in [-0.2, 0) is 9.47 Å². The van der Waals surface area contributed by atoms with Gasteiger partial charge >= 0.3 is 6.09 Å². The van der Waals surface area contributed by atoms with E-state index in [0.29, 0.717) is 32.5 Å². The summed E-state index contributed by atoms with van der Waals surface area (Å²) in [5.74, 6) is 0. The summed E-state index contributed by atoms with van der Waals surface area (Å²) < 4.78 is 11.0. The molecule has 0 aromatic rings. The number of piperidine rings is 1. The van der Waals surface area contributed by atoms with Gasteiger partial charge in [0, 0.05) is 13.1 Å². The van der Waals surface area contributed by atoms with Crippen LogP contribution in [0.25, 0.3) is 0 Å². The number of carbonyl (C=O) groups excluding carboxylic acids is 1. The predicted molar refractivity (Wildman–Crippen MR) is 75.5 cm³/mol. The van der Waals surface area contributed by atoms with E-state index in [2.05, 4.69) is 0 Å². The van der Waals surface area contributed by atoms with Crippen LogP contribution in [0.1, 0.15) is 40.0 Å². The van der Waals surface area contributed by atoms with Gasteiger partial charge in [-0.25, -0.2) is 4.79 Å². The summed E-state index contributed by atoms with van der Waals surface area (Å²) in [6.45, 7) is 7.21. The van der Waals surface area contributed by atoms with Crippen LogP contribution < -0.4 is 0 Å². The largest absolute Gasteiger partial charge is 0.444 e. The number of likely N-dealkylation sites (tertiary alicyclic amines) is 1. The molecule has 2 heterocycles. The summed E-state index contributed by atoms with van der Waals surface area (Å²) >= 11 is 0. The predicted octanol–water partition coefficient (Wildman–Crippen LogP) is 2.09. The van der Waals surface area contributed by atoms with Gasteiger partial charge in [0.25, 0.3) is 0 Å². The Hall–Kier alpha value is -1.07. The minimum Gasteiger partial charge on any atom is -0.444 e. The Morgan fingerprint density at radius 1 is 1.40 bits per heavy atom. The highest BCUT2D eigenvalue weighted by atomic mass is 16.6. The van der Waals surface area contributed by atoms with Gasteiger partial charge in [-0.2, -0.15) is 0 Å². The molecule has 1 atom stereocenters. The van der Waals surface area contributed by atoms with Crippen LogP contribution in [0.2, 0.25) is 0 Å². The van der Waals surface area contributed by atoms with E-state index in [1.165, 1.54) is 0 Å². The second-order valence-corrected chi connectivity index (χ2v) is 6.58. The van der Waals surface area contributed by atoms with Gasteiger partial charge < -0.3 is 19.5 Å². The van der Waals surface area contributed by atoms with Gasteiger partial charge in [0.05, 0.1) is 12.2 Å². The summed E-state index contributed by atoms with van der Waals surface area (Å²) in [7, 11) is 0. The smallest absolute Gasteiger partial charge is 0.410 e. The highest BCUT2D eigenvalue weighted by Gasteiger charge is 2.41. The maximum Gasteiger partial charge on any atom is 0.410 e. The fourth-order valence-electron chi connectivity index (χ4n) is 2.56. The third-order valence-electron chi connectivity index (χ3n) is 3.70. The van der Waals surface area contributed by atoms with E-state index in [9.17, 15) is 9.90 Å². The molecule has 2 aliphatic rings. The van der Waals surface area contributed by atoms with E-state index in [0.717, 1.165) is 6.42 Å². The molecule has 0 aromatic heterocycles. The number of nitrogens with zero attached hydrogens (tertiary/aromatic N) is 1. The van der Waals surface area contributed by atoms with Crippen LogP contribution in [0, 0.1) is 0 Å². The lowest BCUT2D eigenvalue weighted by Gasteiger charge is -2.42. The number of amides is 1.